The van der Waals surface area contributed by atoms with E-state index in [0.29, 0.717) is 5.82 Å². The van der Waals surface area contributed by atoms with E-state index in [1.807, 2.05) is 25.1 Å². The number of benzene rings is 1. The fourth-order valence-corrected chi connectivity index (χ4v) is 2.22. The maximum atomic E-state index is 5.89. The summed E-state index contributed by atoms with van der Waals surface area (Å²) < 4.78 is 5.89. The van der Waals surface area contributed by atoms with Crippen LogP contribution in [0, 0.1) is 6.92 Å². The van der Waals surface area contributed by atoms with Gasteiger partial charge in [0.1, 0.15) is 24.1 Å². The maximum Gasteiger partial charge on any atom is 0.229 e. The molecule has 0 fully saturated rings. The molecular formula is C13H16N4OSi. The lowest BCUT2D eigenvalue weighted by molar-refractivity contribution is 0.581. The third-order valence-corrected chi connectivity index (χ3v) is 3.04. The summed E-state index contributed by atoms with van der Waals surface area (Å²) in [5, 5.41) is 0. The van der Waals surface area contributed by atoms with Gasteiger partial charge in [-0.1, -0.05) is 6.07 Å². The Morgan fingerprint density at radius 2 is 1.95 bits per heavy atom. The smallest absolute Gasteiger partial charge is 0.229 e. The molecule has 0 unspecified atom stereocenters. The van der Waals surface area contributed by atoms with Crippen molar-refractivity contribution in [1.82, 2.24) is 15.0 Å². The van der Waals surface area contributed by atoms with Gasteiger partial charge in [0.15, 0.2) is 5.82 Å². The minimum Gasteiger partial charge on any atom is -0.546 e. The van der Waals surface area contributed by atoms with Gasteiger partial charge in [-0.15, -0.1) is 0 Å². The van der Waals surface area contributed by atoms with Crippen LogP contribution >= 0.6 is 0 Å². The number of nitrogens with zero attached hydrogens (tertiary/aromatic N) is 4. The molecule has 0 atom stereocenters. The van der Waals surface area contributed by atoms with Crippen LogP contribution in [-0.4, -0.2) is 30.2 Å². The van der Waals surface area contributed by atoms with Gasteiger partial charge >= 0.3 is 0 Å². The van der Waals surface area contributed by atoms with Crippen LogP contribution < -0.4 is 4.43 Å². The summed E-state index contributed by atoms with van der Waals surface area (Å²) in [6, 6.07) is 5.96. The fraction of sp³-hybridized carbons (Fsp3) is 0.231. The zero-order valence-corrected chi connectivity index (χ0v) is 12.4. The second-order valence-corrected chi connectivity index (χ2v) is 6.73. The molecule has 0 saturated carbocycles. The van der Waals surface area contributed by atoms with Gasteiger partial charge in [0.2, 0.25) is 9.04 Å². The molecule has 0 spiro atoms. The van der Waals surface area contributed by atoms with E-state index in [-0.39, 0.29) is 0 Å². The van der Waals surface area contributed by atoms with Gasteiger partial charge in [-0.05, 0) is 37.7 Å². The van der Waals surface area contributed by atoms with Crippen molar-refractivity contribution >= 4 is 20.9 Å². The normalized spacial score (nSPS) is 11.2. The standard InChI is InChI=1S/C13H16N4OSi/c1-10-4-5-11(12(6-10)18-19(2)3)15-7-13-16-8-14-9-17-13/h4-9,19H,1-3H3. The first-order chi connectivity index (χ1) is 9.15. The fourth-order valence-electron chi connectivity index (χ4n) is 1.52. The molecule has 0 amide bonds. The van der Waals surface area contributed by atoms with Gasteiger partial charge < -0.3 is 4.43 Å². The predicted octanol–water partition coefficient (Wildman–Crippen LogP) is 2.29. The number of rotatable bonds is 4. The van der Waals surface area contributed by atoms with Crippen molar-refractivity contribution in [2.24, 2.45) is 4.99 Å². The van der Waals surface area contributed by atoms with Crippen LogP contribution in [0.15, 0.2) is 35.8 Å². The molecule has 98 valence electrons. The maximum absolute atomic E-state index is 5.89. The van der Waals surface area contributed by atoms with Crippen molar-refractivity contribution in [3.63, 3.8) is 0 Å². The summed E-state index contributed by atoms with van der Waals surface area (Å²) in [4.78, 5) is 16.2. The van der Waals surface area contributed by atoms with Gasteiger partial charge in [0.25, 0.3) is 0 Å². The Bertz CT molecular complexity index is 572. The lowest BCUT2D eigenvalue weighted by atomic mass is 10.2. The largest absolute Gasteiger partial charge is 0.546 e. The second kappa shape index (κ2) is 6.19. The number of hydrogen-bond donors (Lipinski definition) is 0. The average Bonchev–Trinajstić information content (AvgIpc) is 2.38. The lowest BCUT2D eigenvalue weighted by Gasteiger charge is -2.12. The van der Waals surface area contributed by atoms with Gasteiger partial charge in [-0.3, -0.25) is 0 Å². The van der Waals surface area contributed by atoms with Crippen LogP contribution in [0.25, 0.3) is 0 Å². The first-order valence-electron chi connectivity index (χ1n) is 6.08. The van der Waals surface area contributed by atoms with Crippen molar-refractivity contribution in [3.8, 4) is 5.75 Å². The molecule has 2 aromatic rings. The molecule has 0 radical (unpaired) electrons. The Morgan fingerprint density at radius 3 is 2.63 bits per heavy atom. The summed E-state index contributed by atoms with van der Waals surface area (Å²) in [5.41, 5.74) is 1.95. The monoisotopic (exact) mass is 272 g/mol. The van der Waals surface area contributed by atoms with Crippen LogP contribution in [0.3, 0.4) is 0 Å². The third kappa shape index (κ3) is 3.96. The first-order valence-corrected chi connectivity index (χ1v) is 8.86. The number of hydrogen-bond acceptors (Lipinski definition) is 5. The van der Waals surface area contributed by atoms with Gasteiger partial charge in [-0.2, -0.15) is 0 Å². The third-order valence-electron chi connectivity index (χ3n) is 2.31. The molecular weight excluding hydrogens is 256 g/mol. The molecule has 0 N–H and O–H groups in total. The van der Waals surface area contributed by atoms with Crippen molar-refractivity contribution in [3.05, 3.63) is 42.2 Å². The number of aliphatic imine (C=N–C) groups is 1. The summed E-state index contributed by atoms with van der Waals surface area (Å²) in [7, 11) is -1.16. The molecule has 19 heavy (non-hydrogen) atoms. The quantitative estimate of drug-likeness (QED) is 0.633. The van der Waals surface area contributed by atoms with Gasteiger partial charge in [0.05, 0.1) is 6.21 Å². The summed E-state index contributed by atoms with van der Waals surface area (Å²) in [6.45, 7) is 6.29. The van der Waals surface area contributed by atoms with Crippen molar-refractivity contribution in [2.45, 2.75) is 20.0 Å². The predicted molar refractivity (Wildman–Crippen MR) is 77.8 cm³/mol. The number of aryl methyl sites for hydroxylation is 1. The molecule has 0 aliphatic rings. The molecule has 0 saturated heterocycles. The molecule has 6 heteroatoms. The van der Waals surface area contributed by atoms with Gasteiger partial charge in [-0.25, -0.2) is 19.9 Å². The van der Waals surface area contributed by atoms with E-state index in [4.69, 9.17) is 4.43 Å². The van der Waals surface area contributed by atoms with Crippen LogP contribution in [0.5, 0.6) is 5.75 Å². The van der Waals surface area contributed by atoms with E-state index in [1.165, 1.54) is 12.7 Å². The highest BCUT2D eigenvalue weighted by molar-refractivity contribution is 6.49. The average molecular weight is 272 g/mol. The van der Waals surface area contributed by atoms with Crippen molar-refractivity contribution < 1.29 is 4.43 Å². The van der Waals surface area contributed by atoms with E-state index in [1.54, 1.807) is 6.21 Å². The molecule has 2 rings (SSSR count). The van der Waals surface area contributed by atoms with Gasteiger partial charge in [0, 0.05) is 0 Å². The molecule has 0 aliphatic carbocycles. The van der Waals surface area contributed by atoms with E-state index >= 15 is 0 Å². The highest BCUT2D eigenvalue weighted by Crippen LogP contribution is 2.28. The Balaban J connectivity index is 2.26. The zero-order valence-electron chi connectivity index (χ0n) is 11.2. The highest BCUT2D eigenvalue weighted by Gasteiger charge is 2.05. The van der Waals surface area contributed by atoms with Crippen LogP contribution in [0.1, 0.15) is 11.4 Å². The lowest BCUT2D eigenvalue weighted by Crippen LogP contribution is -2.11. The Kier molecular flexibility index (Phi) is 4.35. The summed E-state index contributed by atoms with van der Waals surface area (Å²) in [5.74, 6) is 1.36. The minimum absolute atomic E-state index is 0.531. The summed E-state index contributed by atoms with van der Waals surface area (Å²) in [6.07, 6.45) is 4.50. The number of aromatic nitrogens is 3. The Hall–Kier alpha value is -2.08. The SMILES string of the molecule is Cc1ccc(N=Cc2ncncn2)c(O[SiH](C)C)c1. The Labute approximate surface area is 114 Å². The molecule has 1 heterocycles. The topological polar surface area (TPSA) is 60.3 Å². The minimum atomic E-state index is -1.16. The van der Waals surface area contributed by atoms with E-state index < -0.39 is 9.04 Å². The summed E-state index contributed by atoms with van der Waals surface area (Å²) >= 11 is 0. The molecule has 1 aromatic carbocycles. The van der Waals surface area contributed by atoms with Crippen molar-refractivity contribution in [1.29, 1.82) is 0 Å². The van der Waals surface area contributed by atoms with Crippen LogP contribution in [0.2, 0.25) is 13.1 Å². The zero-order chi connectivity index (χ0) is 13.7. The van der Waals surface area contributed by atoms with E-state index in [2.05, 4.69) is 33.0 Å². The van der Waals surface area contributed by atoms with Crippen LogP contribution in [-0.2, 0) is 0 Å². The van der Waals surface area contributed by atoms with Crippen LogP contribution in [0.4, 0.5) is 5.69 Å². The molecule has 0 aliphatic heterocycles. The molecule has 1 aromatic heterocycles. The van der Waals surface area contributed by atoms with E-state index in [9.17, 15) is 0 Å². The second-order valence-electron chi connectivity index (χ2n) is 4.39. The highest BCUT2D eigenvalue weighted by atomic mass is 28.3. The molecule has 5 nitrogen and oxygen atoms in total. The molecule has 0 bridgehead atoms. The first kappa shape index (κ1) is 13.4. The van der Waals surface area contributed by atoms with E-state index in [0.717, 1.165) is 17.0 Å². The van der Waals surface area contributed by atoms with Crippen molar-refractivity contribution in [2.75, 3.05) is 0 Å². The Morgan fingerprint density at radius 1 is 1.21 bits per heavy atom.